The van der Waals surface area contributed by atoms with Gasteiger partial charge < -0.3 is 5.32 Å². The Labute approximate surface area is 142 Å². The van der Waals surface area contributed by atoms with Gasteiger partial charge in [0.05, 0.1) is 11.1 Å². The molecule has 0 fully saturated rings. The highest BCUT2D eigenvalue weighted by Gasteiger charge is 2.15. The monoisotopic (exact) mass is 385 g/mol. The Morgan fingerprint density at radius 2 is 2.00 bits per heavy atom. The molecule has 0 aliphatic carbocycles. The lowest BCUT2D eigenvalue weighted by Crippen LogP contribution is -2.28. The quantitative estimate of drug-likeness (QED) is 0.723. The molecular weight excluding hydrogens is 373 g/mol. The van der Waals surface area contributed by atoms with Crippen molar-refractivity contribution in [1.82, 2.24) is 5.32 Å². The Bertz CT molecular complexity index is 660. The normalized spacial score (nSPS) is 12.0. The standard InChI is InChI=1S/C16H14BrCl2NO/c1-2-15(10-4-3-5-12(18)8-10)20-16(21)11-6-7-14(19)13(17)9-11/h3-9,15H,2H2,1H3,(H,20,21). The fraction of sp³-hybridized carbons (Fsp3) is 0.188. The maximum Gasteiger partial charge on any atom is 0.251 e. The van der Waals surface area contributed by atoms with E-state index in [2.05, 4.69) is 21.2 Å². The minimum Gasteiger partial charge on any atom is -0.345 e. The number of carbonyl (C=O) groups is 1. The lowest BCUT2D eigenvalue weighted by molar-refractivity contribution is 0.0935. The van der Waals surface area contributed by atoms with Gasteiger partial charge >= 0.3 is 0 Å². The molecule has 0 aliphatic heterocycles. The Balaban J connectivity index is 2.18. The average molecular weight is 387 g/mol. The zero-order valence-electron chi connectivity index (χ0n) is 11.4. The van der Waals surface area contributed by atoms with Crippen molar-refractivity contribution < 1.29 is 4.79 Å². The van der Waals surface area contributed by atoms with Gasteiger partial charge in [-0.15, -0.1) is 0 Å². The number of rotatable bonds is 4. The van der Waals surface area contributed by atoms with Crippen LogP contribution in [0.2, 0.25) is 10.0 Å². The van der Waals surface area contributed by atoms with Gasteiger partial charge in [-0.05, 0) is 58.2 Å². The summed E-state index contributed by atoms with van der Waals surface area (Å²) in [6.45, 7) is 2.02. The fourth-order valence-corrected chi connectivity index (χ4v) is 2.72. The topological polar surface area (TPSA) is 29.1 Å². The van der Waals surface area contributed by atoms with E-state index in [9.17, 15) is 4.79 Å². The van der Waals surface area contributed by atoms with Crippen LogP contribution in [0.3, 0.4) is 0 Å². The van der Waals surface area contributed by atoms with Crippen LogP contribution in [0.4, 0.5) is 0 Å². The summed E-state index contributed by atoms with van der Waals surface area (Å²) in [6, 6.07) is 12.6. The second-order valence-electron chi connectivity index (χ2n) is 4.62. The molecule has 0 spiro atoms. The van der Waals surface area contributed by atoms with Crippen LogP contribution in [0.1, 0.15) is 35.3 Å². The van der Waals surface area contributed by atoms with Crippen LogP contribution in [0.25, 0.3) is 0 Å². The molecule has 1 unspecified atom stereocenters. The maximum atomic E-state index is 12.3. The molecule has 1 N–H and O–H groups in total. The van der Waals surface area contributed by atoms with Gasteiger partial charge in [-0.25, -0.2) is 0 Å². The molecule has 2 aromatic carbocycles. The lowest BCUT2D eigenvalue weighted by atomic mass is 10.0. The van der Waals surface area contributed by atoms with Crippen molar-refractivity contribution in [2.75, 3.05) is 0 Å². The molecule has 0 aliphatic rings. The van der Waals surface area contributed by atoms with Crippen LogP contribution in [0, 0.1) is 0 Å². The summed E-state index contributed by atoms with van der Waals surface area (Å²) in [7, 11) is 0. The summed E-state index contributed by atoms with van der Waals surface area (Å²) in [4.78, 5) is 12.3. The van der Waals surface area contributed by atoms with Gasteiger partial charge in [0.15, 0.2) is 0 Å². The third-order valence-electron chi connectivity index (χ3n) is 3.15. The Morgan fingerprint density at radius 3 is 2.62 bits per heavy atom. The predicted octanol–water partition coefficient (Wildman–Crippen LogP) is 5.64. The zero-order chi connectivity index (χ0) is 15.4. The van der Waals surface area contributed by atoms with E-state index >= 15 is 0 Å². The predicted molar refractivity (Wildman–Crippen MR) is 91.1 cm³/mol. The Hall–Kier alpha value is -1.03. The molecule has 21 heavy (non-hydrogen) atoms. The summed E-state index contributed by atoms with van der Waals surface area (Å²) < 4.78 is 0.702. The number of amides is 1. The Kier molecular flexibility index (Phi) is 5.68. The van der Waals surface area contributed by atoms with E-state index in [4.69, 9.17) is 23.2 Å². The van der Waals surface area contributed by atoms with Gasteiger partial charge in [-0.2, -0.15) is 0 Å². The van der Waals surface area contributed by atoms with Gasteiger partial charge in [0.25, 0.3) is 5.91 Å². The first-order chi connectivity index (χ1) is 10.0. The summed E-state index contributed by atoms with van der Waals surface area (Å²) >= 11 is 15.3. The number of nitrogens with one attached hydrogen (secondary N) is 1. The zero-order valence-corrected chi connectivity index (χ0v) is 14.5. The second kappa shape index (κ2) is 7.30. The third-order valence-corrected chi connectivity index (χ3v) is 4.60. The van der Waals surface area contributed by atoms with E-state index in [0.29, 0.717) is 20.1 Å². The van der Waals surface area contributed by atoms with E-state index in [1.807, 2.05) is 31.2 Å². The van der Waals surface area contributed by atoms with Crippen LogP contribution in [-0.2, 0) is 0 Å². The van der Waals surface area contributed by atoms with Crippen molar-refractivity contribution in [1.29, 1.82) is 0 Å². The molecule has 2 aromatic rings. The van der Waals surface area contributed by atoms with E-state index in [-0.39, 0.29) is 11.9 Å². The second-order valence-corrected chi connectivity index (χ2v) is 6.32. The van der Waals surface area contributed by atoms with E-state index in [1.165, 1.54) is 0 Å². The van der Waals surface area contributed by atoms with Crippen molar-refractivity contribution in [3.63, 3.8) is 0 Å². The first kappa shape index (κ1) is 16.3. The van der Waals surface area contributed by atoms with E-state index < -0.39 is 0 Å². The van der Waals surface area contributed by atoms with Crippen molar-refractivity contribution in [3.8, 4) is 0 Å². The van der Waals surface area contributed by atoms with Crippen LogP contribution < -0.4 is 5.32 Å². The minimum atomic E-state index is -0.140. The smallest absolute Gasteiger partial charge is 0.251 e. The molecule has 0 heterocycles. The van der Waals surface area contributed by atoms with Gasteiger partial charge in [0, 0.05) is 15.1 Å². The molecule has 2 rings (SSSR count). The first-order valence-corrected chi connectivity index (χ1v) is 8.07. The molecule has 1 amide bonds. The molecule has 2 nitrogen and oxygen atoms in total. The summed E-state index contributed by atoms with van der Waals surface area (Å²) in [5.41, 5.74) is 1.55. The number of hydrogen-bond donors (Lipinski definition) is 1. The van der Waals surface area contributed by atoms with Crippen molar-refractivity contribution in [3.05, 3.63) is 68.1 Å². The highest BCUT2D eigenvalue weighted by atomic mass is 79.9. The molecule has 110 valence electrons. The number of halogens is 3. The average Bonchev–Trinajstić information content (AvgIpc) is 2.47. The van der Waals surface area contributed by atoms with Gasteiger partial charge in [0.1, 0.15) is 0 Å². The maximum absolute atomic E-state index is 12.3. The minimum absolute atomic E-state index is 0.0781. The largest absolute Gasteiger partial charge is 0.345 e. The molecule has 0 radical (unpaired) electrons. The Morgan fingerprint density at radius 1 is 1.24 bits per heavy atom. The van der Waals surface area contributed by atoms with Gasteiger partial charge in [0.2, 0.25) is 0 Å². The van der Waals surface area contributed by atoms with E-state index in [0.717, 1.165) is 12.0 Å². The van der Waals surface area contributed by atoms with Gasteiger partial charge in [-0.3, -0.25) is 4.79 Å². The van der Waals surface area contributed by atoms with Crippen molar-refractivity contribution in [2.45, 2.75) is 19.4 Å². The highest BCUT2D eigenvalue weighted by Crippen LogP contribution is 2.24. The third kappa shape index (κ3) is 4.22. The van der Waals surface area contributed by atoms with Gasteiger partial charge in [-0.1, -0.05) is 42.3 Å². The summed E-state index contributed by atoms with van der Waals surface area (Å²) in [5, 5.41) is 4.25. The molecule has 5 heteroatoms. The molecule has 0 bridgehead atoms. The fourth-order valence-electron chi connectivity index (χ4n) is 2.02. The summed E-state index contributed by atoms with van der Waals surface area (Å²) in [5.74, 6) is -0.140. The first-order valence-electron chi connectivity index (χ1n) is 6.52. The number of benzene rings is 2. The van der Waals surface area contributed by atoms with Crippen LogP contribution in [-0.4, -0.2) is 5.91 Å². The van der Waals surface area contributed by atoms with Crippen molar-refractivity contribution >= 4 is 45.0 Å². The highest BCUT2D eigenvalue weighted by molar-refractivity contribution is 9.10. The molecule has 1 atom stereocenters. The molecular formula is C16H14BrCl2NO. The van der Waals surface area contributed by atoms with Crippen molar-refractivity contribution in [2.24, 2.45) is 0 Å². The number of hydrogen-bond acceptors (Lipinski definition) is 1. The lowest BCUT2D eigenvalue weighted by Gasteiger charge is -2.18. The molecule has 0 saturated heterocycles. The van der Waals surface area contributed by atoms with Crippen LogP contribution >= 0.6 is 39.1 Å². The number of carbonyl (C=O) groups excluding carboxylic acids is 1. The van der Waals surface area contributed by atoms with E-state index in [1.54, 1.807) is 18.2 Å². The van der Waals surface area contributed by atoms with Crippen LogP contribution in [0.15, 0.2) is 46.9 Å². The van der Waals surface area contributed by atoms with Crippen LogP contribution in [0.5, 0.6) is 0 Å². The molecule has 0 saturated carbocycles. The summed E-state index contributed by atoms with van der Waals surface area (Å²) in [6.07, 6.45) is 0.779. The molecule has 0 aromatic heterocycles. The SMILES string of the molecule is CCC(NC(=O)c1ccc(Cl)c(Br)c1)c1cccc(Cl)c1.